The third-order valence-electron chi connectivity index (χ3n) is 5.33. The zero-order valence-electron chi connectivity index (χ0n) is 17.9. The van der Waals surface area contributed by atoms with Crippen molar-refractivity contribution in [3.05, 3.63) is 83.0 Å². The van der Waals surface area contributed by atoms with Crippen LogP contribution in [0.3, 0.4) is 0 Å². The van der Waals surface area contributed by atoms with Crippen molar-refractivity contribution in [2.45, 2.75) is 23.2 Å². The minimum Gasteiger partial charge on any atom is -0.465 e. The van der Waals surface area contributed by atoms with Crippen LogP contribution in [0.1, 0.15) is 22.3 Å². The maximum Gasteiger partial charge on any atom is 0.337 e. The lowest BCUT2D eigenvalue weighted by Crippen LogP contribution is -2.44. The molecule has 0 radical (unpaired) electrons. The van der Waals surface area contributed by atoms with Crippen LogP contribution in [-0.4, -0.2) is 43.7 Å². The van der Waals surface area contributed by atoms with Crippen LogP contribution in [0, 0.1) is 5.82 Å². The molecule has 2 aromatic carbocycles. The highest BCUT2D eigenvalue weighted by Crippen LogP contribution is 2.32. The number of rotatable bonds is 7. The second-order valence-corrected chi connectivity index (χ2v) is 10.5. The van der Waals surface area contributed by atoms with Gasteiger partial charge in [0.2, 0.25) is 5.91 Å². The Hall–Kier alpha value is -3.41. The van der Waals surface area contributed by atoms with Gasteiger partial charge in [-0.3, -0.25) is 9.59 Å². The molecular formula is C23H19FN2O6S2. The highest BCUT2D eigenvalue weighted by atomic mass is 32.2. The van der Waals surface area contributed by atoms with Crippen molar-refractivity contribution in [2.24, 2.45) is 0 Å². The molecule has 0 N–H and O–H groups in total. The number of halogens is 1. The number of carbonyl (C=O) groups is 3. The van der Waals surface area contributed by atoms with Crippen LogP contribution in [0.4, 0.5) is 10.1 Å². The Morgan fingerprint density at radius 2 is 1.79 bits per heavy atom. The first-order chi connectivity index (χ1) is 16.2. The molecule has 1 aliphatic heterocycles. The van der Waals surface area contributed by atoms with Gasteiger partial charge >= 0.3 is 5.97 Å². The van der Waals surface area contributed by atoms with Crippen molar-refractivity contribution in [1.29, 1.82) is 0 Å². The Kier molecular flexibility index (Phi) is 6.60. The van der Waals surface area contributed by atoms with E-state index in [1.54, 1.807) is 11.4 Å². The molecule has 0 aliphatic carbocycles. The van der Waals surface area contributed by atoms with Crippen LogP contribution in [0.5, 0.6) is 0 Å². The van der Waals surface area contributed by atoms with E-state index in [0.29, 0.717) is 5.56 Å². The van der Waals surface area contributed by atoms with Gasteiger partial charge in [0.1, 0.15) is 16.1 Å². The summed E-state index contributed by atoms with van der Waals surface area (Å²) in [6.07, 6.45) is -0.358. The van der Waals surface area contributed by atoms with Gasteiger partial charge in [0.25, 0.3) is 15.9 Å². The molecule has 4 rings (SSSR count). The first-order valence-corrected chi connectivity index (χ1v) is 12.4. The van der Waals surface area contributed by atoms with Crippen LogP contribution in [0.15, 0.2) is 70.3 Å². The van der Waals surface area contributed by atoms with Gasteiger partial charge in [-0.15, -0.1) is 11.3 Å². The van der Waals surface area contributed by atoms with E-state index in [4.69, 9.17) is 0 Å². The molecule has 1 saturated heterocycles. The highest BCUT2D eigenvalue weighted by Gasteiger charge is 2.47. The van der Waals surface area contributed by atoms with Crippen LogP contribution < -0.4 is 4.90 Å². The van der Waals surface area contributed by atoms with E-state index in [-0.39, 0.29) is 28.4 Å². The Labute approximate surface area is 199 Å². The van der Waals surface area contributed by atoms with Crippen LogP contribution in [0.2, 0.25) is 0 Å². The summed E-state index contributed by atoms with van der Waals surface area (Å²) in [5, 5.41) is 1.60. The summed E-state index contributed by atoms with van der Waals surface area (Å²) in [5.41, 5.74) is 0.906. The molecule has 0 saturated carbocycles. The lowest BCUT2D eigenvalue weighted by molar-refractivity contribution is -0.122. The van der Waals surface area contributed by atoms with Gasteiger partial charge in [-0.1, -0.05) is 18.2 Å². The fourth-order valence-electron chi connectivity index (χ4n) is 3.63. The molecule has 1 aromatic heterocycles. The van der Waals surface area contributed by atoms with Crippen molar-refractivity contribution in [1.82, 2.24) is 4.31 Å². The fourth-order valence-corrected chi connectivity index (χ4v) is 6.32. The zero-order valence-corrected chi connectivity index (χ0v) is 19.5. The second-order valence-electron chi connectivity index (χ2n) is 7.43. The monoisotopic (exact) mass is 502 g/mol. The molecule has 0 bridgehead atoms. The van der Waals surface area contributed by atoms with E-state index < -0.39 is 39.7 Å². The third kappa shape index (κ3) is 4.49. The average molecular weight is 503 g/mol. The van der Waals surface area contributed by atoms with E-state index in [1.165, 1.54) is 61.7 Å². The molecule has 1 unspecified atom stereocenters. The summed E-state index contributed by atoms with van der Waals surface area (Å²) >= 11 is 0.992. The number of amides is 2. The van der Waals surface area contributed by atoms with Crippen molar-refractivity contribution in [3.8, 4) is 0 Å². The van der Waals surface area contributed by atoms with Gasteiger partial charge in [-0.05, 0) is 53.4 Å². The van der Waals surface area contributed by atoms with Crippen LogP contribution in [0.25, 0.3) is 0 Å². The second kappa shape index (κ2) is 9.45. The van der Waals surface area contributed by atoms with Crippen molar-refractivity contribution < 1.29 is 31.9 Å². The first kappa shape index (κ1) is 23.7. The number of esters is 1. The Bertz CT molecular complexity index is 1320. The summed E-state index contributed by atoms with van der Waals surface area (Å²) in [6, 6.07) is 12.6. The maximum absolute atomic E-state index is 13.4. The summed E-state index contributed by atoms with van der Waals surface area (Å²) in [6.45, 7) is -0.223. The van der Waals surface area contributed by atoms with Crippen molar-refractivity contribution >= 4 is 44.8 Å². The molecule has 1 atom stereocenters. The Balaban J connectivity index is 1.69. The Morgan fingerprint density at radius 3 is 2.38 bits per heavy atom. The predicted molar refractivity (Wildman–Crippen MR) is 122 cm³/mol. The number of sulfonamides is 1. The number of hydrogen-bond donors (Lipinski definition) is 0. The minimum atomic E-state index is -4.14. The molecular weight excluding hydrogens is 483 g/mol. The lowest BCUT2D eigenvalue weighted by atomic mass is 10.2. The molecule has 1 fully saturated rings. The quantitative estimate of drug-likeness (QED) is 0.363. The van der Waals surface area contributed by atoms with Gasteiger partial charge in [0, 0.05) is 6.54 Å². The lowest BCUT2D eigenvalue weighted by Gasteiger charge is -2.26. The maximum atomic E-state index is 13.4. The average Bonchev–Trinajstić information content (AvgIpc) is 3.47. The van der Waals surface area contributed by atoms with Crippen molar-refractivity contribution in [3.63, 3.8) is 0 Å². The zero-order chi connectivity index (χ0) is 24.5. The molecule has 11 heteroatoms. The molecule has 176 valence electrons. The highest BCUT2D eigenvalue weighted by molar-refractivity contribution is 7.91. The molecule has 3 aromatic rings. The van der Waals surface area contributed by atoms with Gasteiger partial charge < -0.3 is 4.74 Å². The topological polar surface area (TPSA) is 101 Å². The van der Waals surface area contributed by atoms with Crippen molar-refractivity contribution in [2.75, 3.05) is 12.0 Å². The van der Waals surface area contributed by atoms with E-state index in [1.807, 2.05) is 0 Å². The van der Waals surface area contributed by atoms with E-state index in [9.17, 15) is 27.2 Å². The smallest absolute Gasteiger partial charge is 0.337 e. The van der Waals surface area contributed by atoms with E-state index >= 15 is 0 Å². The summed E-state index contributed by atoms with van der Waals surface area (Å²) in [5.74, 6) is -2.34. The number of thiophene rings is 1. The number of imide groups is 1. The molecule has 2 heterocycles. The van der Waals surface area contributed by atoms with Gasteiger partial charge in [-0.25, -0.2) is 22.5 Å². The summed E-state index contributed by atoms with van der Waals surface area (Å²) in [4.78, 5) is 38.8. The van der Waals surface area contributed by atoms with E-state index in [2.05, 4.69) is 4.74 Å². The number of benzene rings is 2. The van der Waals surface area contributed by atoms with Gasteiger partial charge in [-0.2, -0.15) is 4.31 Å². The fraction of sp³-hybridized carbons (Fsp3) is 0.174. The standard InChI is InChI=1S/C23H19FN2O6S2/c1-32-23(29)16-6-10-18(11-7-16)26-20(27)13-19(22(26)28)25(14-15-4-8-17(24)9-5-15)34(30,31)21-3-2-12-33-21/h2-12,19H,13-14H2,1H3. The summed E-state index contributed by atoms with van der Waals surface area (Å²) in [7, 11) is -2.90. The number of anilines is 1. The largest absolute Gasteiger partial charge is 0.465 e. The van der Waals surface area contributed by atoms with Gasteiger partial charge in [0.15, 0.2) is 0 Å². The molecule has 8 nitrogen and oxygen atoms in total. The molecule has 1 aliphatic rings. The van der Waals surface area contributed by atoms with Crippen LogP contribution >= 0.6 is 11.3 Å². The Morgan fingerprint density at radius 1 is 1.12 bits per heavy atom. The van der Waals surface area contributed by atoms with Crippen LogP contribution in [-0.2, 0) is 30.9 Å². The van der Waals surface area contributed by atoms with E-state index in [0.717, 1.165) is 20.5 Å². The predicted octanol–water partition coefficient (Wildman–Crippen LogP) is 3.20. The number of hydrogen-bond acceptors (Lipinski definition) is 7. The molecule has 0 spiro atoms. The number of nitrogens with zero attached hydrogens (tertiary/aromatic N) is 2. The molecule has 34 heavy (non-hydrogen) atoms. The summed E-state index contributed by atoms with van der Waals surface area (Å²) < 4.78 is 45.9. The third-order valence-corrected chi connectivity index (χ3v) is 8.55. The number of methoxy groups -OCH3 is 1. The minimum absolute atomic E-state index is 0.0238. The normalized spacial score (nSPS) is 16.3. The SMILES string of the molecule is COC(=O)c1ccc(N2C(=O)CC(N(Cc3ccc(F)cc3)S(=O)(=O)c3cccs3)C2=O)cc1. The van der Waals surface area contributed by atoms with Gasteiger partial charge in [0.05, 0.1) is 24.8 Å². The number of ether oxygens (including phenoxy) is 1. The number of carbonyl (C=O) groups excluding carboxylic acids is 3. The first-order valence-electron chi connectivity index (χ1n) is 10.1. The molecule has 2 amide bonds.